The van der Waals surface area contributed by atoms with Gasteiger partial charge in [-0.15, -0.1) is 0 Å². The topological polar surface area (TPSA) is 46.1 Å². The largest absolute Gasteiger partial charge is 0.338 e. The molecule has 4 nitrogen and oxygen atoms in total. The zero-order valence-electron chi connectivity index (χ0n) is 13.9. The molecule has 24 heavy (non-hydrogen) atoms. The summed E-state index contributed by atoms with van der Waals surface area (Å²) in [7, 11) is 0. The van der Waals surface area contributed by atoms with Crippen molar-refractivity contribution in [2.75, 3.05) is 13.1 Å². The van der Waals surface area contributed by atoms with E-state index in [1.54, 1.807) is 12.1 Å². The minimum atomic E-state index is -0.375. The minimum absolute atomic E-state index is 0.0924. The number of hydrogen-bond acceptors (Lipinski definition) is 3. The maximum atomic E-state index is 13.4. The molecule has 1 amide bonds. The van der Waals surface area contributed by atoms with Crippen LogP contribution < -0.4 is 0 Å². The van der Waals surface area contributed by atoms with Crippen molar-refractivity contribution < 1.29 is 9.18 Å². The fourth-order valence-electron chi connectivity index (χ4n) is 3.84. The maximum absolute atomic E-state index is 13.4. The van der Waals surface area contributed by atoms with Gasteiger partial charge in [-0.25, -0.2) is 14.4 Å². The van der Waals surface area contributed by atoms with Gasteiger partial charge in [0.2, 0.25) is 0 Å². The van der Waals surface area contributed by atoms with Gasteiger partial charge in [0.25, 0.3) is 5.91 Å². The van der Waals surface area contributed by atoms with Crippen molar-refractivity contribution >= 4 is 5.91 Å². The number of halogens is 1. The Labute approximate surface area is 140 Å². The summed E-state index contributed by atoms with van der Waals surface area (Å²) in [5.41, 5.74) is 2.74. The average molecular weight is 325 g/mol. The highest BCUT2D eigenvalue weighted by molar-refractivity contribution is 5.94. The van der Waals surface area contributed by atoms with Gasteiger partial charge in [0.1, 0.15) is 11.6 Å². The van der Waals surface area contributed by atoms with Crippen molar-refractivity contribution in [3.63, 3.8) is 0 Å². The van der Waals surface area contributed by atoms with Crippen LogP contribution in [0, 0.1) is 11.7 Å². The number of rotatable bonds is 2. The molecule has 4 rings (SSSR count). The van der Waals surface area contributed by atoms with Gasteiger partial charge >= 0.3 is 0 Å². The number of benzene rings is 1. The molecule has 2 aliphatic rings. The lowest BCUT2D eigenvalue weighted by Gasteiger charge is -2.18. The maximum Gasteiger partial charge on any atom is 0.253 e. The van der Waals surface area contributed by atoms with Crippen LogP contribution in [-0.4, -0.2) is 33.9 Å². The Balaban J connectivity index is 1.55. The Morgan fingerprint density at radius 3 is 2.92 bits per heavy atom. The zero-order valence-corrected chi connectivity index (χ0v) is 13.9. The number of hydrogen-bond donors (Lipinski definition) is 0. The van der Waals surface area contributed by atoms with Gasteiger partial charge in [-0.3, -0.25) is 4.79 Å². The number of likely N-dealkylation sites (tertiary alicyclic amines) is 1. The third kappa shape index (κ3) is 2.48. The first-order valence-electron chi connectivity index (χ1n) is 8.43. The molecule has 1 fully saturated rings. The predicted octanol–water partition coefficient (Wildman–Crippen LogP) is 3.15. The molecule has 5 heteroatoms. The molecule has 2 heterocycles. The van der Waals surface area contributed by atoms with Crippen LogP contribution in [0.5, 0.6) is 0 Å². The average Bonchev–Trinajstić information content (AvgIpc) is 3.11. The second-order valence-corrected chi connectivity index (χ2v) is 7.08. The molecule has 1 aromatic heterocycles. The fourth-order valence-corrected chi connectivity index (χ4v) is 3.84. The molecular weight excluding hydrogens is 305 g/mol. The van der Waals surface area contributed by atoms with Crippen LogP contribution >= 0.6 is 0 Å². The number of aromatic nitrogens is 2. The van der Waals surface area contributed by atoms with Crippen LogP contribution in [0.15, 0.2) is 30.5 Å². The first kappa shape index (κ1) is 15.2. The van der Waals surface area contributed by atoms with Crippen LogP contribution in [-0.2, 0) is 6.42 Å². The summed E-state index contributed by atoms with van der Waals surface area (Å²) in [4.78, 5) is 23.6. The van der Waals surface area contributed by atoms with E-state index >= 15 is 0 Å². The summed E-state index contributed by atoms with van der Waals surface area (Å²) in [5.74, 6) is 1.45. The summed E-state index contributed by atoms with van der Waals surface area (Å²) in [6.45, 7) is 5.55. The lowest BCUT2D eigenvalue weighted by atomic mass is 9.97. The molecule has 2 unspecified atom stereocenters. The smallest absolute Gasteiger partial charge is 0.253 e. The van der Waals surface area contributed by atoms with E-state index in [4.69, 9.17) is 4.98 Å². The molecule has 0 saturated carbocycles. The summed E-state index contributed by atoms with van der Waals surface area (Å²) in [6.07, 6.45) is 2.84. The number of carbonyl (C=O) groups is 1. The van der Waals surface area contributed by atoms with E-state index in [1.807, 2.05) is 11.1 Å². The van der Waals surface area contributed by atoms with Gasteiger partial charge in [-0.05, 0) is 36.1 Å². The van der Waals surface area contributed by atoms with Gasteiger partial charge < -0.3 is 4.90 Å². The zero-order chi connectivity index (χ0) is 16.8. The van der Waals surface area contributed by atoms with E-state index in [2.05, 4.69) is 18.8 Å². The van der Waals surface area contributed by atoms with Crippen molar-refractivity contribution in [1.82, 2.24) is 14.9 Å². The Morgan fingerprint density at radius 2 is 2.17 bits per heavy atom. The van der Waals surface area contributed by atoms with Crippen molar-refractivity contribution in [1.29, 1.82) is 0 Å². The van der Waals surface area contributed by atoms with E-state index in [1.165, 1.54) is 17.7 Å². The van der Waals surface area contributed by atoms with Gasteiger partial charge in [-0.1, -0.05) is 19.9 Å². The van der Waals surface area contributed by atoms with Crippen molar-refractivity contribution in [3.05, 3.63) is 58.9 Å². The molecule has 0 bridgehead atoms. The van der Waals surface area contributed by atoms with Crippen molar-refractivity contribution in [3.8, 4) is 0 Å². The normalized spacial score (nSPS) is 21.9. The summed E-state index contributed by atoms with van der Waals surface area (Å²) < 4.78 is 13.4. The molecule has 0 spiro atoms. The Kier molecular flexibility index (Phi) is 3.59. The van der Waals surface area contributed by atoms with Crippen LogP contribution in [0.3, 0.4) is 0 Å². The molecular formula is C19H20FN3O. The number of fused-ring (bicyclic) bond motifs is 3. The fraction of sp³-hybridized carbons (Fsp3) is 0.421. The molecule has 1 aliphatic heterocycles. The quantitative estimate of drug-likeness (QED) is 0.852. The summed E-state index contributed by atoms with van der Waals surface area (Å²) in [5, 5.41) is 0. The SMILES string of the molecule is CC(C)c1ncc2c(n1)CC1CN(C(=O)c3cccc(F)c3)CC21. The molecule has 0 radical (unpaired) electrons. The van der Waals surface area contributed by atoms with Gasteiger partial charge in [0.05, 0.1) is 0 Å². The monoisotopic (exact) mass is 325 g/mol. The van der Waals surface area contributed by atoms with Crippen LogP contribution in [0.4, 0.5) is 4.39 Å². The van der Waals surface area contributed by atoms with E-state index < -0.39 is 0 Å². The van der Waals surface area contributed by atoms with Gasteiger partial charge in [0.15, 0.2) is 0 Å². The first-order chi connectivity index (χ1) is 11.5. The Hall–Kier alpha value is -2.30. The molecule has 0 N–H and O–H groups in total. The number of carbonyl (C=O) groups excluding carboxylic acids is 1. The first-order valence-corrected chi connectivity index (χ1v) is 8.43. The second kappa shape index (κ2) is 5.65. The number of amides is 1. The van der Waals surface area contributed by atoms with E-state index in [0.29, 0.717) is 36.4 Å². The van der Waals surface area contributed by atoms with Crippen LogP contribution in [0.2, 0.25) is 0 Å². The van der Waals surface area contributed by atoms with Crippen molar-refractivity contribution in [2.45, 2.75) is 32.1 Å². The molecule has 2 atom stereocenters. The standard InChI is InChI=1S/C19H20FN3O/c1-11(2)18-21-8-15-16-10-23(9-13(16)7-17(15)22-18)19(24)12-4-3-5-14(20)6-12/h3-6,8,11,13,16H,7,9-10H2,1-2H3. The molecule has 1 aromatic carbocycles. The van der Waals surface area contributed by atoms with Crippen LogP contribution in [0.1, 0.15) is 53.1 Å². The Bertz CT molecular complexity index is 805. The predicted molar refractivity (Wildman–Crippen MR) is 88.4 cm³/mol. The Morgan fingerprint density at radius 1 is 1.33 bits per heavy atom. The van der Waals surface area contributed by atoms with E-state index in [-0.39, 0.29) is 11.7 Å². The highest BCUT2D eigenvalue weighted by atomic mass is 19.1. The molecule has 2 aromatic rings. The molecule has 1 aliphatic carbocycles. The highest BCUT2D eigenvalue weighted by Crippen LogP contribution is 2.42. The third-order valence-electron chi connectivity index (χ3n) is 5.09. The number of nitrogens with zero attached hydrogens (tertiary/aromatic N) is 3. The van der Waals surface area contributed by atoms with Gasteiger partial charge in [0, 0.05) is 42.4 Å². The molecule has 124 valence electrons. The minimum Gasteiger partial charge on any atom is -0.338 e. The summed E-state index contributed by atoms with van der Waals surface area (Å²) >= 11 is 0. The lowest BCUT2D eigenvalue weighted by Crippen LogP contribution is -2.29. The summed E-state index contributed by atoms with van der Waals surface area (Å²) in [6, 6.07) is 5.92. The van der Waals surface area contributed by atoms with E-state index in [9.17, 15) is 9.18 Å². The van der Waals surface area contributed by atoms with Gasteiger partial charge in [-0.2, -0.15) is 0 Å². The van der Waals surface area contributed by atoms with Crippen LogP contribution in [0.25, 0.3) is 0 Å². The second-order valence-electron chi connectivity index (χ2n) is 7.08. The third-order valence-corrected chi connectivity index (χ3v) is 5.09. The highest BCUT2D eigenvalue weighted by Gasteiger charge is 2.42. The lowest BCUT2D eigenvalue weighted by molar-refractivity contribution is 0.0784. The molecule has 1 saturated heterocycles. The van der Waals surface area contributed by atoms with E-state index in [0.717, 1.165) is 17.9 Å². The van der Waals surface area contributed by atoms with Crippen molar-refractivity contribution in [2.24, 2.45) is 5.92 Å².